The highest BCUT2D eigenvalue weighted by Crippen LogP contribution is 2.35. The van der Waals surface area contributed by atoms with Crippen LogP contribution in [0.5, 0.6) is 0 Å². The Morgan fingerprint density at radius 2 is 1.90 bits per heavy atom. The van der Waals surface area contributed by atoms with Gasteiger partial charge in [0, 0.05) is 13.2 Å². The lowest BCUT2D eigenvalue weighted by atomic mass is 10.2. The lowest BCUT2D eigenvalue weighted by Crippen LogP contribution is -2.25. The number of hydrogen-bond acceptors (Lipinski definition) is 3. The van der Waals surface area contributed by atoms with Crippen LogP contribution in [0.2, 0.25) is 5.02 Å². The van der Waals surface area contributed by atoms with E-state index < -0.39 is 31.7 Å². The molecular weight excluding hydrogens is 319 g/mol. The Balaban J connectivity index is 2.96. The minimum atomic E-state index is -4.72. The van der Waals surface area contributed by atoms with Crippen molar-refractivity contribution in [3.63, 3.8) is 0 Å². The summed E-state index contributed by atoms with van der Waals surface area (Å²) in [6, 6.07) is 2.40. The lowest BCUT2D eigenvalue weighted by Gasteiger charge is -2.12. The van der Waals surface area contributed by atoms with Crippen molar-refractivity contribution in [2.75, 3.05) is 13.2 Å². The molecule has 1 aromatic rings. The molecule has 9 heteroatoms. The molecule has 0 saturated heterocycles. The molecule has 0 saturated carbocycles. The number of rotatable bonds is 6. The second-order valence-electron chi connectivity index (χ2n) is 3.97. The van der Waals surface area contributed by atoms with Gasteiger partial charge in [-0.25, -0.2) is 13.1 Å². The summed E-state index contributed by atoms with van der Waals surface area (Å²) in [5, 5.41) is 7.99. The van der Waals surface area contributed by atoms with E-state index in [-0.39, 0.29) is 13.2 Å². The average Bonchev–Trinajstić information content (AvgIpc) is 2.33. The molecule has 0 unspecified atom stereocenters. The summed E-state index contributed by atoms with van der Waals surface area (Å²) in [6.07, 6.45) is -3.94. The quantitative estimate of drug-likeness (QED) is 0.787. The maximum absolute atomic E-state index is 12.6. The Hall–Kier alpha value is -0.830. The van der Waals surface area contributed by atoms with Crippen LogP contribution < -0.4 is 4.72 Å². The summed E-state index contributed by atoms with van der Waals surface area (Å²) in [4.78, 5) is -0.502. The zero-order valence-electron chi connectivity index (χ0n) is 10.2. The first-order chi connectivity index (χ1) is 9.18. The van der Waals surface area contributed by atoms with Crippen LogP contribution >= 0.6 is 11.6 Å². The second kappa shape index (κ2) is 6.75. The van der Waals surface area contributed by atoms with Crippen molar-refractivity contribution in [2.45, 2.75) is 23.9 Å². The van der Waals surface area contributed by atoms with Gasteiger partial charge in [0.25, 0.3) is 0 Å². The van der Waals surface area contributed by atoms with Gasteiger partial charge in [-0.15, -0.1) is 0 Å². The van der Waals surface area contributed by atoms with Crippen LogP contribution in [-0.2, 0) is 16.2 Å². The number of aliphatic hydroxyl groups is 1. The smallest absolute Gasteiger partial charge is 0.396 e. The molecule has 0 aliphatic carbocycles. The van der Waals surface area contributed by atoms with Crippen LogP contribution in [-0.4, -0.2) is 26.7 Å². The largest absolute Gasteiger partial charge is 0.417 e. The third kappa shape index (κ3) is 4.62. The number of aliphatic hydroxyl groups excluding tert-OH is 1. The molecule has 20 heavy (non-hydrogen) atoms. The molecule has 0 radical (unpaired) electrons. The number of hydrogen-bond donors (Lipinski definition) is 2. The summed E-state index contributed by atoms with van der Waals surface area (Å²) in [6.45, 7) is -0.0479. The van der Waals surface area contributed by atoms with E-state index in [4.69, 9.17) is 16.7 Å². The van der Waals surface area contributed by atoms with E-state index >= 15 is 0 Å². The summed E-state index contributed by atoms with van der Waals surface area (Å²) < 4.78 is 63.7. The topological polar surface area (TPSA) is 66.4 Å². The van der Waals surface area contributed by atoms with E-state index in [1.807, 2.05) is 0 Å². The fourth-order valence-electron chi connectivity index (χ4n) is 1.42. The normalized spacial score (nSPS) is 12.7. The van der Waals surface area contributed by atoms with E-state index in [1.54, 1.807) is 0 Å². The predicted octanol–water partition coefficient (Wildman–Crippen LogP) is 2.41. The fraction of sp³-hybridized carbons (Fsp3) is 0.455. The number of benzene rings is 1. The van der Waals surface area contributed by atoms with Crippen LogP contribution in [0, 0.1) is 0 Å². The van der Waals surface area contributed by atoms with E-state index in [0.29, 0.717) is 18.9 Å². The summed E-state index contributed by atoms with van der Waals surface area (Å²) in [5.74, 6) is 0. The van der Waals surface area contributed by atoms with Crippen molar-refractivity contribution in [3.05, 3.63) is 28.8 Å². The fourth-order valence-corrected chi connectivity index (χ4v) is 2.74. The van der Waals surface area contributed by atoms with Crippen molar-refractivity contribution in [1.29, 1.82) is 0 Å². The highest BCUT2D eigenvalue weighted by Gasteiger charge is 2.34. The molecule has 4 nitrogen and oxygen atoms in total. The first kappa shape index (κ1) is 17.2. The molecule has 0 amide bonds. The first-order valence-corrected chi connectivity index (χ1v) is 7.52. The highest BCUT2D eigenvalue weighted by molar-refractivity contribution is 7.89. The molecule has 1 rings (SSSR count). The molecule has 0 aliphatic rings. The number of nitrogens with one attached hydrogen (secondary N) is 1. The summed E-state index contributed by atoms with van der Waals surface area (Å²) in [7, 11) is -4.03. The molecule has 0 heterocycles. The maximum Gasteiger partial charge on any atom is 0.417 e. The molecule has 1 aromatic carbocycles. The van der Waals surface area contributed by atoms with Crippen LogP contribution in [0.1, 0.15) is 18.4 Å². The van der Waals surface area contributed by atoms with Gasteiger partial charge in [-0.3, -0.25) is 0 Å². The van der Waals surface area contributed by atoms with Crippen LogP contribution in [0.15, 0.2) is 23.1 Å². The molecule has 0 spiro atoms. The number of unbranched alkanes of at least 4 members (excludes halogenated alkanes) is 1. The van der Waals surface area contributed by atoms with Crippen molar-refractivity contribution < 1.29 is 26.7 Å². The Morgan fingerprint density at radius 1 is 1.25 bits per heavy atom. The van der Waals surface area contributed by atoms with Gasteiger partial charge < -0.3 is 5.11 Å². The van der Waals surface area contributed by atoms with E-state index in [9.17, 15) is 21.6 Å². The number of alkyl halides is 3. The average molecular weight is 332 g/mol. The first-order valence-electron chi connectivity index (χ1n) is 5.66. The second-order valence-corrected chi connectivity index (χ2v) is 6.14. The molecule has 114 valence electrons. The van der Waals surface area contributed by atoms with Crippen molar-refractivity contribution in [3.8, 4) is 0 Å². The SMILES string of the molecule is O=S(=O)(NCCCCO)c1ccc(Cl)c(C(F)(F)F)c1. The zero-order chi connectivity index (χ0) is 15.4. The zero-order valence-corrected chi connectivity index (χ0v) is 11.8. The van der Waals surface area contributed by atoms with E-state index in [2.05, 4.69) is 4.72 Å². The van der Waals surface area contributed by atoms with Gasteiger partial charge in [0.05, 0.1) is 15.5 Å². The minimum absolute atomic E-state index is 0.0346. The third-order valence-electron chi connectivity index (χ3n) is 2.43. The summed E-state index contributed by atoms with van der Waals surface area (Å²) >= 11 is 5.41. The molecular formula is C11H13ClF3NO3S. The standard InChI is InChI=1S/C11H13ClF3NO3S/c12-10-4-3-8(7-9(10)11(13,14)15)20(18,19)16-5-1-2-6-17/h3-4,7,16-17H,1-2,5-6H2. The monoisotopic (exact) mass is 331 g/mol. The minimum Gasteiger partial charge on any atom is -0.396 e. The van der Waals surface area contributed by atoms with Crippen LogP contribution in [0.3, 0.4) is 0 Å². The highest BCUT2D eigenvalue weighted by atomic mass is 35.5. The molecule has 0 bridgehead atoms. The van der Waals surface area contributed by atoms with Gasteiger partial charge >= 0.3 is 6.18 Å². The van der Waals surface area contributed by atoms with Crippen molar-refractivity contribution in [2.24, 2.45) is 0 Å². The molecule has 0 fully saturated rings. The maximum atomic E-state index is 12.6. The number of halogens is 4. The molecule has 2 N–H and O–H groups in total. The van der Waals surface area contributed by atoms with Crippen molar-refractivity contribution in [1.82, 2.24) is 4.72 Å². The van der Waals surface area contributed by atoms with E-state index in [1.165, 1.54) is 0 Å². The Morgan fingerprint density at radius 3 is 2.45 bits per heavy atom. The Labute approximate surface area is 119 Å². The predicted molar refractivity (Wildman–Crippen MR) is 68.0 cm³/mol. The Bertz CT molecular complexity index is 561. The number of sulfonamides is 1. The van der Waals surface area contributed by atoms with Crippen LogP contribution in [0.25, 0.3) is 0 Å². The van der Waals surface area contributed by atoms with Gasteiger partial charge in [-0.2, -0.15) is 13.2 Å². The van der Waals surface area contributed by atoms with Gasteiger partial charge in [-0.1, -0.05) is 11.6 Å². The summed E-state index contributed by atoms with van der Waals surface area (Å²) in [5.41, 5.74) is -1.20. The van der Waals surface area contributed by atoms with Gasteiger partial charge in [0.1, 0.15) is 0 Å². The van der Waals surface area contributed by atoms with Gasteiger partial charge in [0.2, 0.25) is 10.0 Å². The van der Waals surface area contributed by atoms with Crippen LogP contribution in [0.4, 0.5) is 13.2 Å². The van der Waals surface area contributed by atoms with Crippen molar-refractivity contribution >= 4 is 21.6 Å². The third-order valence-corrected chi connectivity index (χ3v) is 4.22. The van der Waals surface area contributed by atoms with Gasteiger partial charge in [0.15, 0.2) is 0 Å². The van der Waals surface area contributed by atoms with Gasteiger partial charge in [-0.05, 0) is 31.0 Å². The molecule has 0 atom stereocenters. The van der Waals surface area contributed by atoms with E-state index in [0.717, 1.165) is 12.1 Å². The lowest BCUT2D eigenvalue weighted by molar-refractivity contribution is -0.137. The molecule has 0 aromatic heterocycles. The molecule has 0 aliphatic heterocycles. The Kier molecular flexibility index (Phi) is 5.81.